The van der Waals surface area contributed by atoms with Crippen LogP contribution in [0.3, 0.4) is 0 Å². The van der Waals surface area contributed by atoms with Crippen LogP contribution < -0.4 is 10.9 Å². The van der Waals surface area contributed by atoms with Gasteiger partial charge in [0.25, 0.3) is 0 Å². The highest BCUT2D eigenvalue weighted by Gasteiger charge is 2.37. The van der Waals surface area contributed by atoms with Crippen molar-refractivity contribution in [1.82, 2.24) is 4.98 Å². The Morgan fingerprint density at radius 3 is 2.56 bits per heavy atom. The standard InChI is InChI=1S/C16H14IN3O4S/c17-14(16(21)22)11-9-25(23,24)12-6-2-1-5-10(12)15(11)20(18)13-7-3-4-8-19-13/h1-8,14H,9,18H2,(H,21,22). The van der Waals surface area contributed by atoms with Gasteiger partial charge in [-0.3, -0.25) is 9.80 Å². The van der Waals surface area contributed by atoms with Crippen molar-refractivity contribution in [2.45, 2.75) is 8.82 Å². The fraction of sp³-hybridized carbons (Fsp3) is 0.125. The molecule has 0 fully saturated rings. The molecule has 1 aromatic heterocycles. The van der Waals surface area contributed by atoms with Crippen molar-refractivity contribution in [3.63, 3.8) is 0 Å². The van der Waals surface area contributed by atoms with Gasteiger partial charge in [0, 0.05) is 11.8 Å². The van der Waals surface area contributed by atoms with Gasteiger partial charge >= 0.3 is 5.97 Å². The largest absolute Gasteiger partial charge is 0.480 e. The van der Waals surface area contributed by atoms with Crippen LogP contribution in [0.15, 0.2) is 59.1 Å². The number of pyridine rings is 1. The van der Waals surface area contributed by atoms with E-state index in [1.807, 2.05) is 0 Å². The number of anilines is 1. The minimum Gasteiger partial charge on any atom is -0.480 e. The summed E-state index contributed by atoms with van der Waals surface area (Å²) in [5, 5.41) is 10.7. The normalized spacial score (nSPS) is 16.9. The first-order chi connectivity index (χ1) is 11.8. The maximum absolute atomic E-state index is 12.6. The quantitative estimate of drug-likeness (QED) is 0.303. The summed E-state index contributed by atoms with van der Waals surface area (Å²) in [6, 6.07) is 11.6. The Morgan fingerprint density at radius 1 is 1.24 bits per heavy atom. The highest BCUT2D eigenvalue weighted by Crippen LogP contribution is 2.38. The van der Waals surface area contributed by atoms with Crippen LogP contribution in [0.25, 0.3) is 5.70 Å². The Balaban J connectivity index is 2.29. The third kappa shape index (κ3) is 3.26. The second kappa shape index (κ2) is 6.73. The first kappa shape index (κ1) is 17.8. The molecule has 0 aliphatic carbocycles. The van der Waals surface area contributed by atoms with Crippen LogP contribution in [0, 0.1) is 0 Å². The number of sulfone groups is 1. The molecule has 3 N–H and O–H groups in total. The van der Waals surface area contributed by atoms with Gasteiger partial charge in [0.15, 0.2) is 9.84 Å². The molecule has 1 unspecified atom stereocenters. The van der Waals surface area contributed by atoms with E-state index in [9.17, 15) is 18.3 Å². The van der Waals surface area contributed by atoms with Gasteiger partial charge in [-0.2, -0.15) is 0 Å². The van der Waals surface area contributed by atoms with Crippen LogP contribution in [-0.4, -0.2) is 34.2 Å². The molecule has 3 rings (SSSR count). The Kier molecular flexibility index (Phi) is 4.80. The summed E-state index contributed by atoms with van der Waals surface area (Å²) in [6.45, 7) is 0. The van der Waals surface area contributed by atoms with E-state index in [0.717, 1.165) is 0 Å². The van der Waals surface area contributed by atoms with E-state index >= 15 is 0 Å². The molecular formula is C16H14IN3O4S. The number of nitrogens with two attached hydrogens (primary N) is 1. The summed E-state index contributed by atoms with van der Waals surface area (Å²) >= 11 is 1.71. The maximum atomic E-state index is 12.6. The second-order valence-corrected chi connectivity index (χ2v) is 8.59. The van der Waals surface area contributed by atoms with Crippen LogP contribution in [0.2, 0.25) is 0 Å². The Hall–Kier alpha value is -1.98. The van der Waals surface area contributed by atoms with Crippen LogP contribution in [-0.2, 0) is 14.6 Å². The fourth-order valence-corrected chi connectivity index (χ4v) is 5.16. The highest BCUT2D eigenvalue weighted by atomic mass is 127. The number of carbonyl (C=O) groups is 1. The number of carboxylic acids is 1. The molecule has 25 heavy (non-hydrogen) atoms. The van der Waals surface area contributed by atoms with Gasteiger partial charge in [-0.25, -0.2) is 19.2 Å². The van der Waals surface area contributed by atoms with Crippen LogP contribution in [0.4, 0.5) is 5.82 Å². The molecule has 1 aliphatic heterocycles. The van der Waals surface area contributed by atoms with Gasteiger partial charge in [-0.05, 0) is 23.8 Å². The third-order valence-corrected chi connectivity index (χ3v) is 6.79. The smallest absolute Gasteiger partial charge is 0.320 e. The van der Waals surface area contributed by atoms with Crippen molar-refractivity contribution in [3.8, 4) is 0 Å². The van der Waals surface area contributed by atoms with Gasteiger partial charge in [-0.15, -0.1) is 0 Å². The van der Waals surface area contributed by atoms with Crippen molar-refractivity contribution >= 4 is 49.9 Å². The third-order valence-electron chi connectivity index (χ3n) is 3.79. The number of alkyl halides is 1. The number of aliphatic carboxylic acids is 1. The Morgan fingerprint density at radius 2 is 1.92 bits per heavy atom. The summed E-state index contributed by atoms with van der Waals surface area (Å²) in [4.78, 5) is 15.8. The van der Waals surface area contributed by atoms with E-state index in [2.05, 4.69) is 4.98 Å². The Bertz CT molecular complexity index is 960. The van der Waals surface area contributed by atoms with Gasteiger partial charge in [0.05, 0.1) is 16.3 Å². The summed E-state index contributed by atoms with van der Waals surface area (Å²) in [7, 11) is -3.65. The predicted molar refractivity (Wildman–Crippen MR) is 102 cm³/mol. The molecule has 0 amide bonds. The number of hydrogen-bond donors (Lipinski definition) is 2. The van der Waals surface area contributed by atoms with Crippen molar-refractivity contribution in [3.05, 3.63) is 59.8 Å². The summed E-state index contributed by atoms with van der Waals surface area (Å²) in [6.07, 6.45) is 1.56. The second-order valence-electron chi connectivity index (χ2n) is 5.39. The Labute approximate surface area is 158 Å². The number of carboxylic acid groups (broad SMARTS) is 1. The zero-order valence-corrected chi connectivity index (χ0v) is 15.8. The van der Waals surface area contributed by atoms with E-state index in [0.29, 0.717) is 17.1 Å². The van der Waals surface area contributed by atoms with E-state index in [-0.39, 0.29) is 10.5 Å². The number of fused-ring (bicyclic) bond motifs is 1. The lowest BCUT2D eigenvalue weighted by Crippen LogP contribution is -2.37. The molecule has 0 spiro atoms. The minimum atomic E-state index is -3.65. The van der Waals surface area contributed by atoms with E-state index < -0.39 is 25.5 Å². The van der Waals surface area contributed by atoms with Crippen molar-refractivity contribution < 1.29 is 18.3 Å². The lowest BCUT2D eigenvalue weighted by Gasteiger charge is -2.30. The maximum Gasteiger partial charge on any atom is 0.320 e. The van der Waals surface area contributed by atoms with Crippen LogP contribution in [0.5, 0.6) is 0 Å². The minimum absolute atomic E-state index is 0.133. The molecule has 0 saturated carbocycles. The molecule has 1 atom stereocenters. The van der Waals surface area contributed by atoms with Gasteiger partial charge in [0.2, 0.25) is 0 Å². The van der Waals surface area contributed by atoms with Gasteiger partial charge in [0.1, 0.15) is 9.74 Å². The average molecular weight is 471 g/mol. The van der Waals surface area contributed by atoms with Crippen molar-refractivity contribution in [2.75, 3.05) is 10.8 Å². The van der Waals surface area contributed by atoms with Crippen LogP contribution >= 0.6 is 22.6 Å². The molecule has 2 heterocycles. The topological polar surface area (TPSA) is 114 Å². The number of hydrogen-bond acceptors (Lipinski definition) is 6. The van der Waals surface area contributed by atoms with E-state index in [4.69, 9.17) is 5.84 Å². The molecule has 9 heteroatoms. The van der Waals surface area contributed by atoms with E-state index in [1.165, 1.54) is 11.1 Å². The molecule has 1 aromatic carbocycles. The first-order valence-electron chi connectivity index (χ1n) is 7.21. The molecule has 130 valence electrons. The lowest BCUT2D eigenvalue weighted by molar-refractivity contribution is -0.135. The van der Waals surface area contributed by atoms with Crippen molar-refractivity contribution in [2.24, 2.45) is 5.84 Å². The SMILES string of the molecule is NN(C1=C(C(I)C(=O)O)CS(=O)(=O)c2ccccc21)c1ccccn1. The molecule has 1 aliphatic rings. The number of aromatic nitrogens is 1. The fourth-order valence-electron chi connectivity index (χ4n) is 2.69. The number of benzene rings is 1. The molecular weight excluding hydrogens is 457 g/mol. The molecule has 7 nitrogen and oxygen atoms in total. The first-order valence-corrected chi connectivity index (χ1v) is 10.1. The molecule has 0 bridgehead atoms. The monoisotopic (exact) mass is 471 g/mol. The zero-order chi connectivity index (χ0) is 18.2. The van der Waals surface area contributed by atoms with Crippen LogP contribution in [0.1, 0.15) is 5.56 Å². The zero-order valence-electron chi connectivity index (χ0n) is 12.8. The molecule has 0 saturated heterocycles. The van der Waals surface area contributed by atoms with Gasteiger partial charge in [-0.1, -0.05) is 46.9 Å². The van der Waals surface area contributed by atoms with E-state index in [1.54, 1.807) is 65.2 Å². The number of nitrogens with zero attached hydrogens (tertiary/aromatic N) is 2. The number of hydrazine groups is 1. The predicted octanol–water partition coefficient (Wildman–Crippen LogP) is 1.85. The molecule has 0 radical (unpaired) electrons. The molecule has 2 aromatic rings. The number of rotatable bonds is 4. The number of halogens is 1. The summed E-state index contributed by atoms with van der Waals surface area (Å²) in [5.74, 6) is 5.08. The average Bonchev–Trinajstić information content (AvgIpc) is 2.61. The van der Waals surface area contributed by atoms with Crippen molar-refractivity contribution in [1.29, 1.82) is 0 Å². The summed E-state index contributed by atoms with van der Waals surface area (Å²) in [5.41, 5.74) is 0.950. The highest BCUT2D eigenvalue weighted by molar-refractivity contribution is 14.1. The van der Waals surface area contributed by atoms with Gasteiger partial charge < -0.3 is 5.11 Å². The lowest BCUT2D eigenvalue weighted by atomic mass is 10.0. The summed E-state index contributed by atoms with van der Waals surface area (Å²) < 4.78 is 24.2.